The van der Waals surface area contributed by atoms with Gasteiger partial charge in [-0.25, -0.2) is 4.98 Å². The molecule has 1 heterocycles. The summed E-state index contributed by atoms with van der Waals surface area (Å²) in [4.78, 5) is 14.5. The van der Waals surface area contributed by atoms with Crippen molar-refractivity contribution >= 4 is 11.6 Å². The highest BCUT2D eigenvalue weighted by Crippen LogP contribution is 2.00. The van der Waals surface area contributed by atoms with Crippen LogP contribution in [0.15, 0.2) is 18.2 Å². The van der Waals surface area contributed by atoms with Crippen molar-refractivity contribution in [3.05, 3.63) is 23.9 Å². The van der Waals surface area contributed by atoms with E-state index in [-0.39, 0.29) is 5.69 Å². The first-order valence-corrected chi connectivity index (χ1v) is 2.97. The summed E-state index contributed by atoms with van der Waals surface area (Å²) in [5, 5.41) is 0. The van der Waals surface area contributed by atoms with Gasteiger partial charge in [0.25, 0.3) is 5.78 Å². The van der Waals surface area contributed by atoms with Gasteiger partial charge >= 0.3 is 0 Å². The van der Waals surface area contributed by atoms with Gasteiger partial charge in [-0.3, -0.25) is 4.79 Å². The molecule has 3 heteroatoms. The molecule has 0 bridgehead atoms. The molecular weight excluding hydrogens is 140 g/mol. The lowest BCUT2D eigenvalue weighted by Crippen LogP contribution is -2.00. The number of hydrogen-bond acceptors (Lipinski definition) is 3. The van der Waals surface area contributed by atoms with E-state index in [1.165, 1.54) is 6.07 Å². The van der Waals surface area contributed by atoms with Crippen molar-refractivity contribution in [1.29, 1.82) is 0 Å². The van der Waals surface area contributed by atoms with Crippen molar-refractivity contribution in [3.8, 4) is 12.3 Å². The Bertz CT molecular complexity index is 325. The van der Waals surface area contributed by atoms with Crippen LogP contribution in [0.4, 0.5) is 5.82 Å². The van der Waals surface area contributed by atoms with E-state index in [0.29, 0.717) is 5.82 Å². The number of carbonyl (C=O) groups is 1. The highest BCUT2D eigenvalue weighted by atomic mass is 16.1. The van der Waals surface area contributed by atoms with Gasteiger partial charge in [-0.1, -0.05) is 6.07 Å². The number of ketones is 1. The first-order valence-electron chi connectivity index (χ1n) is 2.97. The molecule has 2 N–H and O–H groups in total. The molecule has 0 saturated heterocycles. The van der Waals surface area contributed by atoms with E-state index in [9.17, 15) is 4.79 Å². The van der Waals surface area contributed by atoms with Crippen LogP contribution in [0.5, 0.6) is 0 Å². The number of rotatable bonds is 1. The molecule has 0 aromatic carbocycles. The lowest BCUT2D eigenvalue weighted by molar-refractivity contribution is 0.105. The Labute approximate surface area is 64.2 Å². The van der Waals surface area contributed by atoms with Crippen molar-refractivity contribution in [2.45, 2.75) is 0 Å². The van der Waals surface area contributed by atoms with Gasteiger partial charge < -0.3 is 5.73 Å². The smallest absolute Gasteiger partial charge is 0.254 e. The number of hydrogen-bond donors (Lipinski definition) is 1. The Hall–Kier alpha value is -1.82. The van der Waals surface area contributed by atoms with Crippen LogP contribution in [0, 0.1) is 12.3 Å². The second kappa shape index (κ2) is 2.84. The lowest BCUT2D eigenvalue weighted by Gasteiger charge is -1.93. The van der Waals surface area contributed by atoms with Gasteiger partial charge in [-0.05, 0) is 18.1 Å². The summed E-state index contributed by atoms with van der Waals surface area (Å²) in [5.74, 6) is 1.80. The summed E-state index contributed by atoms with van der Waals surface area (Å²) in [5.41, 5.74) is 5.53. The maximum Gasteiger partial charge on any atom is 0.254 e. The van der Waals surface area contributed by atoms with E-state index in [0.717, 1.165) is 0 Å². The van der Waals surface area contributed by atoms with E-state index >= 15 is 0 Å². The molecule has 0 fully saturated rings. The minimum absolute atomic E-state index is 0.215. The van der Waals surface area contributed by atoms with Crippen molar-refractivity contribution in [3.63, 3.8) is 0 Å². The second-order valence-electron chi connectivity index (χ2n) is 1.92. The minimum atomic E-state index is -0.447. The largest absolute Gasteiger partial charge is 0.384 e. The van der Waals surface area contributed by atoms with Crippen molar-refractivity contribution in [2.75, 3.05) is 5.73 Å². The molecule has 1 aromatic heterocycles. The Morgan fingerprint density at radius 1 is 1.64 bits per heavy atom. The number of anilines is 1. The third kappa shape index (κ3) is 1.55. The fourth-order valence-corrected chi connectivity index (χ4v) is 0.652. The summed E-state index contributed by atoms with van der Waals surface area (Å²) in [6.45, 7) is 0. The molecule has 1 rings (SSSR count). The predicted octanol–water partition coefficient (Wildman–Crippen LogP) is 0.480. The standard InChI is InChI=1S/C8H6N2O/c1-2-7(11)6-4-3-5-8(9)10-6/h1,3-5H,(H2,9,10). The molecular formula is C8H6N2O. The normalized spacial score (nSPS) is 8.64. The van der Waals surface area contributed by atoms with Crippen LogP contribution in [0.1, 0.15) is 10.5 Å². The van der Waals surface area contributed by atoms with Gasteiger partial charge in [0, 0.05) is 0 Å². The molecule has 0 amide bonds. The Morgan fingerprint density at radius 2 is 2.36 bits per heavy atom. The van der Waals surface area contributed by atoms with E-state index in [2.05, 4.69) is 4.98 Å². The van der Waals surface area contributed by atoms with Crippen LogP contribution < -0.4 is 5.73 Å². The van der Waals surface area contributed by atoms with Crippen LogP contribution in [-0.4, -0.2) is 10.8 Å². The van der Waals surface area contributed by atoms with Gasteiger partial charge in [0.2, 0.25) is 0 Å². The Kier molecular flexibility index (Phi) is 1.88. The van der Waals surface area contributed by atoms with E-state index < -0.39 is 5.78 Å². The summed E-state index contributed by atoms with van der Waals surface area (Å²) in [7, 11) is 0. The highest BCUT2D eigenvalue weighted by molar-refractivity contribution is 6.07. The molecule has 0 spiro atoms. The lowest BCUT2D eigenvalue weighted by atomic mass is 10.2. The maximum absolute atomic E-state index is 10.8. The van der Waals surface area contributed by atoms with Crippen molar-refractivity contribution in [1.82, 2.24) is 4.98 Å². The zero-order chi connectivity index (χ0) is 8.27. The number of pyridine rings is 1. The highest BCUT2D eigenvalue weighted by Gasteiger charge is 2.01. The molecule has 1 aromatic rings. The van der Waals surface area contributed by atoms with E-state index in [1.54, 1.807) is 12.1 Å². The van der Waals surface area contributed by atoms with Crippen LogP contribution in [0.25, 0.3) is 0 Å². The van der Waals surface area contributed by atoms with Gasteiger partial charge in [0.05, 0.1) is 0 Å². The first-order chi connectivity index (χ1) is 5.24. The SMILES string of the molecule is C#CC(=O)c1cccc(N)n1. The number of aromatic nitrogens is 1. The summed E-state index contributed by atoms with van der Waals surface area (Å²) >= 11 is 0. The quantitative estimate of drug-likeness (QED) is 0.356. The maximum atomic E-state index is 10.8. The first kappa shape index (κ1) is 7.29. The molecule has 3 nitrogen and oxygen atoms in total. The fourth-order valence-electron chi connectivity index (χ4n) is 0.652. The van der Waals surface area contributed by atoms with Gasteiger partial charge in [0.15, 0.2) is 0 Å². The number of carbonyl (C=O) groups excluding carboxylic acids is 1. The summed E-state index contributed by atoms with van der Waals surface area (Å²) < 4.78 is 0. The molecule has 0 unspecified atom stereocenters. The van der Waals surface area contributed by atoms with Crippen molar-refractivity contribution < 1.29 is 4.79 Å². The number of nitrogens with zero attached hydrogens (tertiary/aromatic N) is 1. The number of Topliss-reactive ketones (excluding diaryl/α,β-unsaturated/α-hetero) is 1. The predicted molar refractivity (Wildman–Crippen MR) is 41.8 cm³/mol. The molecule has 11 heavy (non-hydrogen) atoms. The average molecular weight is 146 g/mol. The fraction of sp³-hybridized carbons (Fsp3) is 0. The zero-order valence-corrected chi connectivity index (χ0v) is 5.74. The average Bonchev–Trinajstić information content (AvgIpc) is 2.03. The zero-order valence-electron chi connectivity index (χ0n) is 5.74. The monoisotopic (exact) mass is 146 g/mol. The van der Waals surface area contributed by atoms with Crippen LogP contribution >= 0.6 is 0 Å². The number of nitrogen functional groups attached to an aromatic ring is 1. The van der Waals surface area contributed by atoms with E-state index in [1.807, 2.05) is 5.92 Å². The molecule has 0 aliphatic heterocycles. The number of nitrogens with two attached hydrogens (primary N) is 1. The van der Waals surface area contributed by atoms with Crippen LogP contribution in [0.2, 0.25) is 0 Å². The molecule has 0 aliphatic rings. The molecule has 54 valence electrons. The van der Waals surface area contributed by atoms with Crippen LogP contribution in [0.3, 0.4) is 0 Å². The molecule has 0 aliphatic carbocycles. The molecule has 0 radical (unpaired) electrons. The topological polar surface area (TPSA) is 56.0 Å². The Balaban J connectivity index is 3.08. The molecule has 0 saturated carbocycles. The van der Waals surface area contributed by atoms with Gasteiger partial charge in [-0.2, -0.15) is 0 Å². The second-order valence-corrected chi connectivity index (χ2v) is 1.92. The van der Waals surface area contributed by atoms with Gasteiger partial charge in [0.1, 0.15) is 11.5 Å². The van der Waals surface area contributed by atoms with Gasteiger partial charge in [-0.15, -0.1) is 6.42 Å². The van der Waals surface area contributed by atoms with E-state index in [4.69, 9.17) is 12.2 Å². The molecule has 0 atom stereocenters. The number of terminal acetylenes is 1. The van der Waals surface area contributed by atoms with Crippen molar-refractivity contribution in [2.24, 2.45) is 0 Å². The summed E-state index contributed by atoms with van der Waals surface area (Å²) in [6.07, 6.45) is 4.87. The summed E-state index contributed by atoms with van der Waals surface area (Å²) in [6, 6.07) is 4.75. The third-order valence-corrected chi connectivity index (χ3v) is 1.13. The minimum Gasteiger partial charge on any atom is -0.384 e. The van der Waals surface area contributed by atoms with Crippen LogP contribution in [-0.2, 0) is 0 Å². The third-order valence-electron chi connectivity index (χ3n) is 1.13. The Morgan fingerprint density at radius 3 is 2.91 bits per heavy atom.